The fourth-order valence-electron chi connectivity index (χ4n) is 3.17. The predicted octanol–water partition coefficient (Wildman–Crippen LogP) is 3.08. The third kappa shape index (κ3) is 4.00. The van der Waals surface area contributed by atoms with Crippen molar-refractivity contribution in [1.29, 1.82) is 0 Å². The van der Waals surface area contributed by atoms with Gasteiger partial charge in [0.25, 0.3) is 0 Å². The van der Waals surface area contributed by atoms with Gasteiger partial charge in [-0.05, 0) is 24.6 Å². The Balaban J connectivity index is 1.42. The lowest BCUT2D eigenvalue weighted by Crippen LogP contribution is -2.36. The Bertz CT molecular complexity index is 920. The van der Waals surface area contributed by atoms with Gasteiger partial charge in [0.05, 0.1) is 19.2 Å². The molecule has 0 bridgehead atoms. The molecule has 27 heavy (non-hydrogen) atoms. The summed E-state index contributed by atoms with van der Waals surface area (Å²) in [4.78, 5) is 18.6. The van der Waals surface area contributed by atoms with Crippen LogP contribution in [0.5, 0.6) is 5.75 Å². The van der Waals surface area contributed by atoms with Crippen LogP contribution in [0.1, 0.15) is 28.1 Å². The van der Waals surface area contributed by atoms with Crippen molar-refractivity contribution in [2.45, 2.75) is 32.9 Å². The summed E-state index contributed by atoms with van der Waals surface area (Å²) in [5, 5.41) is 4.14. The molecule has 0 spiro atoms. The van der Waals surface area contributed by atoms with Crippen LogP contribution < -0.4 is 4.74 Å². The van der Waals surface area contributed by atoms with Gasteiger partial charge in [-0.2, -0.15) is 0 Å². The Morgan fingerprint density at radius 1 is 1.26 bits per heavy atom. The summed E-state index contributed by atoms with van der Waals surface area (Å²) < 4.78 is 11.2. The molecule has 6 nitrogen and oxygen atoms in total. The quantitative estimate of drug-likeness (QED) is 0.697. The number of fused-ring (bicyclic) bond motifs is 1. The summed E-state index contributed by atoms with van der Waals surface area (Å²) in [6.07, 6.45) is 4.43. The van der Waals surface area contributed by atoms with E-state index < -0.39 is 0 Å². The minimum atomic E-state index is 0.116. The smallest absolute Gasteiger partial charge is 0.227 e. The van der Waals surface area contributed by atoms with Crippen LogP contribution in [0.2, 0.25) is 0 Å². The fourth-order valence-corrected chi connectivity index (χ4v) is 3.17. The maximum atomic E-state index is 12.7. The highest BCUT2D eigenvalue weighted by Crippen LogP contribution is 2.24. The van der Waals surface area contributed by atoms with Gasteiger partial charge in [-0.3, -0.25) is 9.78 Å². The van der Waals surface area contributed by atoms with Gasteiger partial charge in [0.15, 0.2) is 0 Å². The van der Waals surface area contributed by atoms with Gasteiger partial charge in [-0.1, -0.05) is 35.0 Å². The summed E-state index contributed by atoms with van der Waals surface area (Å²) in [7, 11) is 0. The molecule has 3 aromatic rings. The van der Waals surface area contributed by atoms with E-state index in [1.165, 1.54) is 5.56 Å². The summed E-state index contributed by atoms with van der Waals surface area (Å²) in [6.45, 7) is 3.49. The van der Waals surface area contributed by atoms with Crippen molar-refractivity contribution in [3.05, 3.63) is 76.9 Å². The highest BCUT2D eigenvalue weighted by molar-refractivity contribution is 5.79. The molecular formula is C21H21N3O3. The summed E-state index contributed by atoms with van der Waals surface area (Å²) in [6, 6.07) is 11.7. The van der Waals surface area contributed by atoms with E-state index in [9.17, 15) is 4.79 Å². The molecule has 4 rings (SSSR count). The third-order valence-corrected chi connectivity index (χ3v) is 4.75. The molecule has 2 aromatic heterocycles. The van der Waals surface area contributed by atoms with Gasteiger partial charge in [-0.25, -0.2) is 0 Å². The maximum absolute atomic E-state index is 12.7. The van der Waals surface area contributed by atoms with Crippen LogP contribution in [0.15, 0.2) is 53.3 Å². The van der Waals surface area contributed by atoms with Crippen LogP contribution in [-0.4, -0.2) is 27.5 Å². The Morgan fingerprint density at radius 2 is 2.11 bits per heavy atom. The molecule has 0 saturated carbocycles. The largest absolute Gasteiger partial charge is 0.486 e. The van der Waals surface area contributed by atoms with E-state index in [4.69, 9.17) is 9.26 Å². The molecule has 6 heteroatoms. The second kappa shape index (κ2) is 7.61. The standard InChI is InChI=1S/C21H21N3O3/c1-15-4-6-16(7-5-15)11-21(25)24-10-8-20-18(13-24)19(23-27-20)14-26-17-3-2-9-22-12-17/h2-7,9,12H,8,10-11,13-14H2,1H3. The lowest BCUT2D eigenvalue weighted by Gasteiger charge is -2.26. The molecule has 1 amide bonds. The monoisotopic (exact) mass is 363 g/mol. The summed E-state index contributed by atoms with van der Waals surface area (Å²) >= 11 is 0. The second-order valence-corrected chi connectivity index (χ2v) is 6.74. The van der Waals surface area contributed by atoms with Crippen molar-refractivity contribution in [3.8, 4) is 5.75 Å². The molecule has 3 heterocycles. The first kappa shape index (κ1) is 17.3. The van der Waals surface area contributed by atoms with Crippen LogP contribution >= 0.6 is 0 Å². The Morgan fingerprint density at radius 3 is 2.89 bits per heavy atom. The van der Waals surface area contributed by atoms with Crippen LogP contribution in [0.4, 0.5) is 0 Å². The lowest BCUT2D eigenvalue weighted by atomic mass is 10.0. The number of carbonyl (C=O) groups excluding carboxylic acids is 1. The third-order valence-electron chi connectivity index (χ3n) is 4.75. The van der Waals surface area contributed by atoms with Crippen LogP contribution in [-0.2, 0) is 30.8 Å². The van der Waals surface area contributed by atoms with Gasteiger partial charge in [0.1, 0.15) is 23.8 Å². The van der Waals surface area contributed by atoms with E-state index in [1.807, 2.05) is 48.2 Å². The molecule has 1 aliphatic heterocycles. The van der Waals surface area contributed by atoms with Gasteiger partial charge in [-0.15, -0.1) is 0 Å². The average molecular weight is 363 g/mol. The van der Waals surface area contributed by atoms with Crippen molar-refractivity contribution < 1.29 is 14.1 Å². The van der Waals surface area contributed by atoms with Gasteiger partial charge >= 0.3 is 0 Å². The van der Waals surface area contributed by atoms with Gasteiger partial charge in [0, 0.05) is 24.7 Å². The first-order valence-electron chi connectivity index (χ1n) is 9.01. The Hall–Kier alpha value is -3.15. The number of aryl methyl sites for hydroxylation is 1. The molecule has 1 aliphatic rings. The number of pyridine rings is 1. The van der Waals surface area contributed by atoms with Crippen LogP contribution in [0, 0.1) is 6.92 Å². The van der Waals surface area contributed by atoms with E-state index in [1.54, 1.807) is 12.4 Å². The number of hydrogen-bond acceptors (Lipinski definition) is 5. The Labute approximate surface area is 157 Å². The highest BCUT2D eigenvalue weighted by Gasteiger charge is 2.27. The average Bonchev–Trinajstić information content (AvgIpc) is 3.11. The fraction of sp³-hybridized carbons (Fsp3) is 0.286. The lowest BCUT2D eigenvalue weighted by molar-refractivity contribution is -0.131. The topological polar surface area (TPSA) is 68.5 Å². The number of ether oxygens (including phenoxy) is 1. The van der Waals surface area contributed by atoms with Crippen LogP contribution in [0.3, 0.4) is 0 Å². The van der Waals surface area contributed by atoms with Crippen molar-refractivity contribution in [2.24, 2.45) is 0 Å². The SMILES string of the molecule is Cc1ccc(CC(=O)N2CCc3onc(COc4cccnc4)c3C2)cc1. The van der Waals surface area contributed by atoms with E-state index in [0.29, 0.717) is 38.3 Å². The number of rotatable bonds is 5. The highest BCUT2D eigenvalue weighted by atomic mass is 16.5. The zero-order chi connectivity index (χ0) is 18.6. The number of carbonyl (C=O) groups is 1. The first-order valence-corrected chi connectivity index (χ1v) is 9.01. The van der Waals surface area contributed by atoms with Crippen molar-refractivity contribution in [1.82, 2.24) is 15.0 Å². The summed E-state index contributed by atoms with van der Waals surface area (Å²) in [5.74, 6) is 1.64. The van der Waals surface area contributed by atoms with Crippen molar-refractivity contribution >= 4 is 5.91 Å². The Kier molecular flexibility index (Phi) is 4.87. The number of amides is 1. The van der Waals surface area contributed by atoms with E-state index in [-0.39, 0.29) is 5.91 Å². The maximum Gasteiger partial charge on any atom is 0.227 e. The van der Waals surface area contributed by atoms with E-state index >= 15 is 0 Å². The van der Waals surface area contributed by atoms with E-state index in [0.717, 1.165) is 22.6 Å². The molecule has 1 aromatic carbocycles. The molecule has 0 aliphatic carbocycles. The number of hydrogen-bond donors (Lipinski definition) is 0. The normalized spacial score (nSPS) is 13.3. The van der Waals surface area contributed by atoms with Gasteiger partial charge < -0.3 is 14.2 Å². The number of nitrogens with zero attached hydrogens (tertiary/aromatic N) is 3. The zero-order valence-electron chi connectivity index (χ0n) is 15.2. The molecule has 0 saturated heterocycles. The van der Waals surface area contributed by atoms with Crippen LogP contribution in [0.25, 0.3) is 0 Å². The zero-order valence-corrected chi connectivity index (χ0v) is 15.2. The molecular weight excluding hydrogens is 342 g/mol. The first-order chi connectivity index (χ1) is 13.2. The molecule has 0 N–H and O–H groups in total. The molecule has 0 atom stereocenters. The van der Waals surface area contributed by atoms with Crippen molar-refractivity contribution in [3.63, 3.8) is 0 Å². The molecule has 138 valence electrons. The molecule has 0 unspecified atom stereocenters. The minimum Gasteiger partial charge on any atom is -0.486 e. The predicted molar refractivity (Wildman–Crippen MR) is 99.1 cm³/mol. The molecule has 0 fully saturated rings. The number of aromatic nitrogens is 2. The van der Waals surface area contributed by atoms with Gasteiger partial charge in [0.2, 0.25) is 5.91 Å². The summed E-state index contributed by atoms with van der Waals surface area (Å²) in [5.41, 5.74) is 3.92. The minimum absolute atomic E-state index is 0.116. The van der Waals surface area contributed by atoms with Crippen molar-refractivity contribution in [2.75, 3.05) is 6.54 Å². The second-order valence-electron chi connectivity index (χ2n) is 6.74. The molecule has 0 radical (unpaired) electrons. The van der Waals surface area contributed by atoms with E-state index in [2.05, 4.69) is 10.1 Å². The number of benzene rings is 1.